The van der Waals surface area contributed by atoms with Gasteiger partial charge in [-0.15, -0.1) is 0 Å². The summed E-state index contributed by atoms with van der Waals surface area (Å²) in [6, 6.07) is 14.5. The molecule has 1 unspecified atom stereocenters. The molecule has 0 radical (unpaired) electrons. The molecule has 0 saturated carbocycles. The van der Waals surface area contributed by atoms with Gasteiger partial charge in [0.25, 0.3) is 0 Å². The van der Waals surface area contributed by atoms with Crippen molar-refractivity contribution < 1.29 is 0 Å². The summed E-state index contributed by atoms with van der Waals surface area (Å²) in [5.74, 6) is 0. The van der Waals surface area contributed by atoms with Crippen LogP contribution in [0, 0.1) is 0 Å². The van der Waals surface area contributed by atoms with Gasteiger partial charge in [-0.1, -0.05) is 64.3 Å². The van der Waals surface area contributed by atoms with E-state index in [0.717, 1.165) is 17.4 Å². The topological polar surface area (TPSA) is 12.0 Å². The molecule has 0 saturated heterocycles. The molecule has 0 fully saturated rings. The zero-order valence-corrected chi connectivity index (χ0v) is 14.3. The molecule has 1 atom stereocenters. The summed E-state index contributed by atoms with van der Waals surface area (Å²) >= 11 is 15.5. The van der Waals surface area contributed by atoms with Crippen molar-refractivity contribution in [3.8, 4) is 0 Å². The number of hydrogen-bond acceptors (Lipinski definition) is 1. The van der Waals surface area contributed by atoms with E-state index < -0.39 is 0 Å². The highest BCUT2D eigenvalue weighted by Crippen LogP contribution is 2.26. The van der Waals surface area contributed by atoms with Crippen molar-refractivity contribution in [3.05, 3.63) is 68.1 Å². The molecule has 0 spiro atoms. The number of hydrogen-bond donors (Lipinski definition) is 1. The molecular formula is C16H16BrCl2N. The van der Waals surface area contributed by atoms with Crippen molar-refractivity contribution in [2.45, 2.75) is 19.4 Å². The van der Waals surface area contributed by atoms with Crippen LogP contribution in [0.5, 0.6) is 0 Å². The Balaban J connectivity index is 2.20. The Morgan fingerprint density at radius 2 is 1.75 bits per heavy atom. The minimum atomic E-state index is 0.269. The van der Waals surface area contributed by atoms with E-state index in [1.165, 1.54) is 11.1 Å². The molecule has 2 aromatic rings. The van der Waals surface area contributed by atoms with Crippen LogP contribution in [0.15, 0.2) is 46.9 Å². The highest BCUT2D eigenvalue weighted by Gasteiger charge is 2.12. The average molecular weight is 373 g/mol. The fourth-order valence-electron chi connectivity index (χ4n) is 2.15. The summed E-state index contributed by atoms with van der Waals surface area (Å²) in [5.41, 5.74) is 2.44. The van der Waals surface area contributed by atoms with E-state index in [2.05, 4.69) is 52.4 Å². The highest BCUT2D eigenvalue weighted by atomic mass is 79.9. The Morgan fingerprint density at radius 1 is 1.05 bits per heavy atom. The summed E-state index contributed by atoms with van der Waals surface area (Å²) in [4.78, 5) is 0. The van der Waals surface area contributed by atoms with Gasteiger partial charge in [0.15, 0.2) is 0 Å². The van der Waals surface area contributed by atoms with Crippen LogP contribution in [0.3, 0.4) is 0 Å². The molecule has 4 heteroatoms. The van der Waals surface area contributed by atoms with Gasteiger partial charge in [0.2, 0.25) is 0 Å². The molecule has 0 heterocycles. The van der Waals surface area contributed by atoms with Gasteiger partial charge in [0, 0.05) is 10.5 Å². The second-order valence-electron chi connectivity index (χ2n) is 4.61. The Morgan fingerprint density at radius 3 is 2.35 bits per heavy atom. The van der Waals surface area contributed by atoms with Gasteiger partial charge in [-0.05, 0) is 48.4 Å². The maximum absolute atomic E-state index is 6.08. The van der Waals surface area contributed by atoms with Gasteiger partial charge in [-0.2, -0.15) is 0 Å². The monoisotopic (exact) mass is 371 g/mol. The SMILES string of the molecule is CCNC(Cc1ccc(Cl)c(Cl)c1)c1ccc(Br)cc1. The minimum Gasteiger partial charge on any atom is -0.310 e. The Bertz CT molecular complexity index is 569. The molecule has 0 amide bonds. The molecule has 0 aliphatic rings. The smallest absolute Gasteiger partial charge is 0.0595 e. The lowest BCUT2D eigenvalue weighted by Gasteiger charge is -2.19. The zero-order chi connectivity index (χ0) is 14.5. The number of likely N-dealkylation sites (N-methyl/N-ethyl adjacent to an activating group) is 1. The van der Waals surface area contributed by atoms with Crippen LogP contribution in [0.4, 0.5) is 0 Å². The molecule has 0 bridgehead atoms. The molecule has 2 aromatic carbocycles. The van der Waals surface area contributed by atoms with Gasteiger partial charge < -0.3 is 5.32 Å². The summed E-state index contributed by atoms with van der Waals surface area (Å²) in [6.07, 6.45) is 0.881. The van der Waals surface area contributed by atoms with E-state index >= 15 is 0 Å². The van der Waals surface area contributed by atoms with Crippen LogP contribution in [0.25, 0.3) is 0 Å². The van der Waals surface area contributed by atoms with Crippen LogP contribution >= 0.6 is 39.1 Å². The fraction of sp³-hybridized carbons (Fsp3) is 0.250. The van der Waals surface area contributed by atoms with E-state index in [1.54, 1.807) is 0 Å². The van der Waals surface area contributed by atoms with Crippen molar-refractivity contribution in [1.82, 2.24) is 5.32 Å². The molecule has 0 aliphatic heterocycles. The van der Waals surface area contributed by atoms with Crippen LogP contribution < -0.4 is 5.32 Å². The third-order valence-corrected chi connectivity index (χ3v) is 4.41. The molecule has 2 rings (SSSR count). The molecule has 0 aliphatic carbocycles. The molecule has 20 heavy (non-hydrogen) atoms. The number of benzene rings is 2. The molecule has 1 N–H and O–H groups in total. The van der Waals surface area contributed by atoms with E-state index in [1.807, 2.05) is 18.2 Å². The molecule has 106 valence electrons. The number of rotatable bonds is 5. The van der Waals surface area contributed by atoms with Gasteiger partial charge in [0.05, 0.1) is 10.0 Å². The van der Waals surface area contributed by atoms with Crippen molar-refractivity contribution in [2.75, 3.05) is 6.54 Å². The van der Waals surface area contributed by atoms with Gasteiger partial charge in [-0.25, -0.2) is 0 Å². The van der Waals surface area contributed by atoms with Crippen molar-refractivity contribution in [2.24, 2.45) is 0 Å². The standard InChI is InChI=1S/C16H16BrCl2N/c1-2-20-16(12-4-6-13(17)7-5-12)10-11-3-8-14(18)15(19)9-11/h3-9,16,20H,2,10H2,1H3. The third-order valence-electron chi connectivity index (χ3n) is 3.15. The lowest BCUT2D eigenvalue weighted by molar-refractivity contribution is 0.550. The lowest BCUT2D eigenvalue weighted by atomic mass is 9.99. The van der Waals surface area contributed by atoms with E-state index in [9.17, 15) is 0 Å². The maximum atomic E-state index is 6.08. The second-order valence-corrected chi connectivity index (χ2v) is 6.34. The Hall–Kier alpha value is -0.540. The zero-order valence-electron chi connectivity index (χ0n) is 11.2. The summed E-state index contributed by atoms with van der Waals surface area (Å²) in [7, 11) is 0. The van der Waals surface area contributed by atoms with Gasteiger partial charge >= 0.3 is 0 Å². The quantitative estimate of drug-likeness (QED) is 0.714. The average Bonchev–Trinajstić information content (AvgIpc) is 2.43. The Labute approximate surface area is 138 Å². The van der Waals surface area contributed by atoms with Crippen molar-refractivity contribution in [3.63, 3.8) is 0 Å². The maximum Gasteiger partial charge on any atom is 0.0595 e. The first-order valence-electron chi connectivity index (χ1n) is 6.53. The highest BCUT2D eigenvalue weighted by molar-refractivity contribution is 9.10. The van der Waals surface area contributed by atoms with Crippen molar-refractivity contribution in [1.29, 1.82) is 0 Å². The van der Waals surface area contributed by atoms with Crippen LogP contribution in [-0.2, 0) is 6.42 Å². The summed E-state index contributed by atoms with van der Waals surface area (Å²) in [6.45, 7) is 3.03. The normalized spacial score (nSPS) is 12.4. The number of halogens is 3. The summed E-state index contributed by atoms with van der Waals surface area (Å²) in [5, 5.41) is 4.71. The number of nitrogens with one attached hydrogen (secondary N) is 1. The first-order chi connectivity index (χ1) is 9.60. The largest absolute Gasteiger partial charge is 0.310 e. The van der Waals surface area contributed by atoms with Gasteiger partial charge in [-0.3, -0.25) is 0 Å². The van der Waals surface area contributed by atoms with Gasteiger partial charge in [0.1, 0.15) is 0 Å². The van der Waals surface area contributed by atoms with Crippen LogP contribution in [0.2, 0.25) is 10.0 Å². The molecular weight excluding hydrogens is 357 g/mol. The second kappa shape index (κ2) is 7.46. The minimum absolute atomic E-state index is 0.269. The van der Waals surface area contributed by atoms with Crippen molar-refractivity contribution >= 4 is 39.1 Å². The lowest BCUT2D eigenvalue weighted by Crippen LogP contribution is -2.22. The van der Waals surface area contributed by atoms with E-state index in [4.69, 9.17) is 23.2 Å². The summed E-state index contributed by atoms with van der Waals surface area (Å²) < 4.78 is 1.09. The van der Waals surface area contributed by atoms with E-state index in [-0.39, 0.29) is 6.04 Å². The third kappa shape index (κ3) is 4.23. The fourth-order valence-corrected chi connectivity index (χ4v) is 2.74. The van der Waals surface area contributed by atoms with Crippen LogP contribution in [0.1, 0.15) is 24.1 Å². The Kier molecular flexibility index (Phi) is 5.91. The predicted molar refractivity (Wildman–Crippen MR) is 90.7 cm³/mol. The first-order valence-corrected chi connectivity index (χ1v) is 8.08. The van der Waals surface area contributed by atoms with Crippen LogP contribution in [-0.4, -0.2) is 6.54 Å². The molecule has 0 aromatic heterocycles. The first kappa shape index (κ1) is 15.8. The van der Waals surface area contributed by atoms with E-state index in [0.29, 0.717) is 10.0 Å². The molecule has 1 nitrogen and oxygen atoms in total. The predicted octanol–water partition coefficient (Wildman–Crippen LogP) is 5.65.